The Bertz CT molecular complexity index is 922. The number of furan rings is 1. The average molecular weight is 363 g/mol. The van der Waals surface area contributed by atoms with Gasteiger partial charge in [0.1, 0.15) is 11.4 Å². The van der Waals surface area contributed by atoms with Gasteiger partial charge in [0.05, 0.1) is 12.7 Å². The van der Waals surface area contributed by atoms with E-state index in [2.05, 4.69) is 10.3 Å². The second kappa shape index (κ2) is 6.70. The van der Waals surface area contributed by atoms with Crippen LogP contribution in [0.5, 0.6) is 0 Å². The highest BCUT2D eigenvalue weighted by Gasteiger charge is 2.45. The van der Waals surface area contributed by atoms with Crippen molar-refractivity contribution in [1.29, 1.82) is 0 Å². The molecule has 6 nitrogen and oxygen atoms in total. The summed E-state index contributed by atoms with van der Waals surface area (Å²) in [5, 5.41) is 4.33. The number of pyridine rings is 1. The summed E-state index contributed by atoms with van der Waals surface area (Å²) in [5.74, 6) is 1.93. The van der Waals surface area contributed by atoms with Crippen LogP contribution < -0.4 is 5.32 Å². The molecule has 0 radical (unpaired) electrons. The molecule has 2 saturated heterocycles. The van der Waals surface area contributed by atoms with Crippen LogP contribution in [0.4, 0.5) is 5.82 Å². The summed E-state index contributed by atoms with van der Waals surface area (Å²) >= 11 is 0. The van der Waals surface area contributed by atoms with E-state index in [1.165, 1.54) is 0 Å². The minimum absolute atomic E-state index is 0.0550. The summed E-state index contributed by atoms with van der Waals surface area (Å²) in [5.41, 5.74) is 0.744. The fraction of sp³-hybridized carbons (Fsp3) is 0.333. The standard InChI is InChI=1S/C21H21N3O3/c25-21(18-9-14-5-1-2-6-17(14)27-18)24-11-16-15(13-26-19(16)12-24)10-23-20-7-3-4-8-22-20/h1-9,15-16,19H,10-13H2,(H,22,23)/t15-,16+,19+/m1/s1. The Hall–Kier alpha value is -2.86. The first-order chi connectivity index (χ1) is 13.3. The monoisotopic (exact) mass is 363 g/mol. The van der Waals surface area contributed by atoms with Gasteiger partial charge >= 0.3 is 0 Å². The summed E-state index contributed by atoms with van der Waals surface area (Å²) < 4.78 is 11.7. The van der Waals surface area contributed by atoms with E-state index >= 15 is 0 Å². The number of para-hydroxylation sites is 1. The number of carbonyl (C=O) groups is 1. The van der Waals surface area contributed by atoms with Gasteiger partial charge in [0.2, 0.25) is 0 Å². The first-order valence-electron chi connectivity index (χ1n) is 9.32. The number of rotatable bonds is 4. The molecule has 0 bridgehead atoms. The van der Waals surface area contributed by atoms with Gasteiger partial charge < -0.3 is 19.4 Å². The lowest BCUT2D eigenvalue weighted by Crippen LogP contribution is -2.32. The third-order valence-electron chi connectivity index (χ3n) is 5.57. The molecule has 2 aromatic heterocycles. The van der Waals surface area contributed by atoms with Crippen LogP contribution in [0.25, 0.3) is 11.0 Å². The summed E-state index contributed by atoms with van der Waals surface area (Å²) in [6.45, 7) is 2.85. The Morgan fingerprint density at radius 2 is 2.07 bits per heavy atom. The van der Waals surface area contributed by atoms with Crippen LogP contribution in [0, 0.1) is 11.8 Å². The zero-order valence-corrected chi connectivity index (χ0v) is 14.9. The lowest BCUT2D eigenvalue weighted by molar-refractivity contribution is 0.0656. The van der Waals surface area contributed by atoms with Crippen molar-refractivity contribution in [3.63, 3.8) is 0 Å². The number of anilines is 1. The van der Waals surface area contributed by atoms with Crippen LogP contribution in [0.1, 0.15) is 10.6 Å². The predicted octanol–water partition coefficient (Wildman–Crippen LogP) is 3.03. The van der Waals surface area contributed by atoms with Crippen molar-refractivity contribution in [3.8, 4) is 0 Å². The van der Waals surface area contributed by atoms with Gasteiger partial charge in [0, 0.05) is 43.1 Å². The molecule has 5 rings (SSSR count). The van der Waals surface area contributed by atoms with Crippen molar-refractivity contribution < 1.29 is 13.9 Å². The number of nitrogens with one attached hydrogen (secondary N) is 1. The van der Waals surface area contributed by atoms with Crippen molar-refractivity contribution in [2.45, 2.75) is 6.10 Å². The third kappa shape index (κ3) is 3.06. The molecule has 6 heteroatoms. The first kappa shape index (κ1) is 16.3. The highest BCUT2D eigenvalue weighted by atomic mass is 16.5. The van der Waals surface area contributed by atoms with E-state index in [0.717, 1.165) is 29.9 Å². The third-order valence-corrected chi connectivity index (χ3v) is 5.57. The van der Waals surface area contributed by atoms with Crippen molar-refractivity contribution in [1.82, 2.24) is 9.88 Å². The number of aromatic nitrogens is 1. The van der Waals surface area contributed by atoms with Crippen LogP contribution in [0.3, 0.4) is 0 Å². The molecular weight excluding hydrogens is 342 g/mol. The molecule has 4 heterocycles. The average Bonchev–Trinajstić information content (AvgIpc) is 3.40. The molecule has 0 saturated carbocycles. The second-order valence-electron chi connectivity index (χ2n) is 7.25. The molecular formula is C21H21N3O3. The van der Waals surface area contributed by atoms with Crippen molar-refractivity contribution in [2.24, 2.45) is 11.8 Å². The molecule has 2 aliphatic heterocycles. The van der Waals surface area contributed by atoms with Gasteiger partial charge in [-0.1, -0.05) is 24.3 Å². The van der Waals surface area contributed by atoms with Crippen LogP contribution in [0.2, 0.25) is 0 Å². The second-order valence-corrected chi connectivity index (χ2v) is 7.25. The molecule has 2 aliphatic rings. The van der Waals surface area contributed by atoms with Crippen LogP contribution >= 0.6 is 0 Å². The van der Waals surface area contributed by atoms with Gasteiger partial charge in [-0.05, 0) is 24.3 Å². The minimum Gasteiger partial charge on any atom is -0.451 e. The molecule has 1 N–H and O–H groups in total. The summed E-state index contributed by atoms with van der Waals surface area (Å²) in [7, 11) is 0. The Morgan fingerprint density at radius 1 is 1.19 bits per heavy atom. The smallest absolute Gasteiger partial charge is 0.289 e. The molecule has 0 spiro atoms. The van der Waals surface area contributed by atoms with E-state index in [9.17, 15) is 4.79 Å². The Labute approximate surface area is 157 Å². The first-order valence-corrected chi connectivity index (χ1v) is 9.32. The Morgan fingerprint density at radius 3 is 2.93 bits per heavy atom. The van der Waals surface area contributed by atoms with Gasteiger partial charge in [-0.2, -0.15) is 0 Å². The summed E-state index contributed by atoms with van der Waals surface area (Å²) in [6, 6.07) is 15.3. The van der Waals surface area contributed by atoms with Crippen LogP contribution in [-0.4, -0.2) is 48.1 Å². The zero-order chi connectivity index (χ0) is 18.2. The lowest BCUT2D eigenvalue weighted by Gasteiger charge is -2.19. The van der Waals surface area contributed by atoms with Crippen LogP contribution in [-0.2, 0) is 4.74 Å². The highest BCUT2D eigenvalue weighted by molar-refractivity contribution is 5.96. The van der Waals surface area contributed by atoms with Gasteiger partial charge in [-0.15, -0.1) is 0 Å². The number of carbonyl (C=O) groups excluding carboxylic acids is 1. The maximum Gasteiger partial charge on any atom is 0.289 e. The van der Waals surface area contributed by atoms with Crippen molar-refractivity contribution in [2.75, 3.05) is 31.6 Å². The number of nitrogens with zero attached hydrogens (tertiary/aromatic N) is 2. The van der Waals surface area contributed by atoms with E-state index in [1.54, 1.807) is 6.20 Å². The topological polar surface area (TPSA) is 67.6 Å². The number of hydrogen-bond acceptors (Lipinski definition) is 5. The zero-order valence-electron chi connectivity index (χ0n) is 14.9. The molecule has 2 fully saturated rings. The van der Waals surface area contributed by atoms with Crippen molar-refractivity contribution in [3.05, 3.63) is 60.5 Å². The Balaban J connectivity index is 1.25. The number of hydrogen-bond donors (Lipinski definition) is 1. The molecule has 0 aliphatic carbocycles. The van der Waals surface area contributed by atoms with Gasteiger partial charge in [-0.3, -0.25) is 4.79 Å². The molecule has 138 valence electrons. The van der Waals surface area contributed by atoms with Crippen molar-refractivity contribution >= 4 is 22.7 Å². The normalized spacial score (nSPS) is 24.3. The fourth-order valence-electron chi connectivity index (χ4n) is 4.12. The number of benzene rings is 1. The van der Waals surface area contributed by atoms with Gasteiger partial charge in [0.25, 0.3) is 5.91 Å². The number of likely N-dealkylation sites (tertiary alicyclic amines) is 1. The fourth-order valence-corrected chi connectivity index (χ4v) is 4.12. The maximum absolute atomic E-state index is 12.9. The number of amides is 1. The molecule has 3 aromatic rings. The van der Waals surface area contributed by atoms with E-state index in [0.29, 0.717) is 30.7 Å². The van der Waals surface area contributed by atoms with E-state index < -0.39 is 0 Å². The minimum atomic E-state index is -0.0550. The Kier molecular flexibility index (Phi) is 4.05. The van der Waals surface area contributed by atoms with Crippen LogP contribution in [0.15, 0.2) is 59.1 Å². The maximum atomic E-state index is 12.9. The highest BCUT2D eigenvalue weighted by Crippen LogP contribution is 2.35. The molecule has 27 heavy (non-hydrogen) atoms. The molecule has 1 amide bonds. The summed E-state index contributed by atoms with van der Waals surface area (Å²) in [6.07, 6.45) is 1.88. The van der Waals surface area contributed by atoms with E-state index in [1.807, 2.05) is 53.4 Å². The molecule has 3 atom stereocenters. The largest absolute Gasteiger partial charge is 0.451 e. The van der Waals surface area contributed by atoms with E-state index in [-0.39, 0.29) is 12.0 Å². The summed E-state index contributed by atoms with van der Waals surface area (Å²) in [4.78, 5) is 19.0. The molecule has 1 aromatic carbocycles. The SMILES string of the molecule is O=C(c1cc2ccccc2o1)N1C[C@H]2[C@H](CNc3ccccn3)CO[C@H]2C1. The van der Waals surface area contributed by atoms with Gasteiger partial charge in [-0.25, -0.2) is 4.98 Å². The number of fused-ring (bicyclic) bond motifs is 2. The quantitative estimate of drug-likeness (QED) is 0.772. The molecule has 0 unspecified atom stereocenters. The van der Waals surface area contributed by atoms with Gasteiger partial charge in [0.15, 0.2) is 5.76 Å². The number of ether oxygens (including phenoxy) is 1. The predicted molar refractivity (Wildman–Crippen MR) is 102 cm³/mol. The van der Waals surface area contributed by atoms with E-state index in [4.69, 9.17) is 9.15 Å². The lowest BCUT2D eigenvalue weighted by atomic mass is 9.93.